The highest BCUT2D eigenvalue weighted by atomic mass is 19.2. The van der Waals surface area contributed by atoms with Crippen molar-refractivity contribution in [1.29, 1.82) is 0 Å². The molecule has 1 fully saturated rings. The molecule has 82 valence electrons. The minimum absolute atomic E-state index is 0.426. The summed E-state index contributed by atoms with van der Waals surface area (Å²) < 4.78 is 30.8. The van der Waals surface area contributed by atoms with E-state index in [-0.39, 0.29) is 0 Å². The molecule has 0 spiro atoms. The molecule has 2 nitrogen and oxygen atoms in total. The molecule has 1 heterocycles. The summed E-state index contributed by atoms with van der Waals surface area (Å²) in [5, 5.41) is 0. The van der Waals surface area contributed by atoms with E-state index in [4.69, 9.17) is 10.5 Å². The summed E-state index contributed by atoms with van der Waals surface area (Å²) in [5.41, 5.74) is 6.32. The topological polar surface area (TPSA) is 35.2 Å². The number of halogens is 2. The van der Waals surface area contributed by atoms with Crippen molar-refractivity contribution in [3.05, 3.63) is 35.4 Å². The maximum atomic E-state index is 12.9. The van der Waals surface area contributed by atoms with Gasteiger partial charge in [-0.1, -0.05) is 6.07 Å². The third-order valence-corrected chi connectivity index (χ3v) is 2.67. The van der Waals surface area contributed by atoms with Gasteiger partial charge in [-0.3, -0.25) is 0 Å². The highest BCUT2D eigenvalue weighted by Gasteiger charge is 2.30. The van der Waals surface area contributed by atoms with Crippen molar-refractivity contribution in [2.75, 3.05) is 13.2 Å². The van der Waals surface area contributed by atoms with E-state index >= 15 is 0 Å². The first-order valence-corrected chi connectivity index (χ1v) is 4.90. The van der Waals surface area contributed by atoms with Crippen molar-refractivity contribution < 1.29 is 13.5 Å². The zero-order valence-corrected chi connectivity index (χ0v) is 8.30. The molecule has 1 atom stereocenters. The van der Waals surface area contributed by atoms with Gasteiger partial charge in [0.1, 0.15) is 0 Å². The van der Waals surface area contributed by atoms with E-state index in [2.05, 4.69) is 0 Å². The highest BCUT2D eigenvalue weighted by molar-refractivity contribution is 5.20. The molecule has 4 heteroatoms. The fraction of sp³-hybridized carbons (Fsp3) is 0.455. The molecule has 0 aromatic heterocycles. The van der Waals surface area contributed by atoms with Crippen molar-refractivity contribution in [3.8, 4) is 0 Å². The molecule has 1 aromatic rings. The van der Waals surface area contributed by atoms with E-state index in [0.29, 0.717) is 25.2 Å². The van der Waals surface area contributed by atoms with Gasteiger partial charge in [0.15, 0.2) is 11.6 Å². The van der Waals surface area contributed by atoms with Gasteiger partial charge < -0.3 is 10.5 Å². The van der Waals surface area contributed by atoms with Gasteiger partial charge in [-0.05, 0) is 30.5 Å². The van der Waals surface area contributed by atoms with Gasteiger partial charge in [-0.15, -0.1) is 0 Å². The van der Waals surface area contributed by atoms with E-state index < -0.39 is 17.2 Å². The number of benzene rings is 1. The summed E-state index contributed by atoms with van der Waals surface area (Å²) in [6, 6.07) is 3.89. The normalized spacial score (nSPS) is 25.8. The van der Waals surface area contributed by atoms with Gasteiger partial charge in [-0.2, -0.15) is 0 Å². The fourth-order valence-corrected chi connectivity index (χ4v) is 1.82. The van der Waals surface area contributed by atoms with E-state index in [1.54, 1.807) is 6.07 Å². The van der Waals surface area contributed by atoms with Crippen molar-refractivity contribution in [2.24, 2.45) is 5.73 Å². The Morgan fingerprint density at radius 2 is 2.13 bits per heavy atom. The van der Waals surface area contributed by atoms with Crippen LogP contribution in [0.25, 0.3) is 0 Å². The molecule has 0 amide bonds. The Labute approximate surface area is 87.0 Å². The van der Waals surface area contributed by atoms with Crippen molar-refractivity contribution in [2.45, 2.75) is 18.4 Å². The maximum Gasteiger partial charge on any atom is 0.159 e. The lowest BCUT2D eigenvalue weighted by Crippen LogP contribution is -2.42. The number of hydrogen-bond donors (Lipinski definition) is 1. The second kappa shape index (κ2) is 3.87. The molecule has 0 aliphatic carbocycles. The Balaban J connectivity index is 2.13. The number of hydrogen-bond acceptors (Lipinski definition) is 2. The second-order valence-electron chi connectivity index (χ2n) is 4.09. The van der Waals surface area contributed by atoms with Crippen LogP contribution in [0.3, 0.4) is 0 Å². The molecule has 0 bridgehead atoms. The van der Waals surface area contributed by atoms with Gasteiger partial charge in [0, 0.05) is 12.1 Å². The van der Waals surface area contributed by atoms with Crippen LogP contribution in [0.15, 0.2) is 18.2 Å². The molecule has 1 aliphatic rings. The minimum atomic E-state index is -0.826. The number of nitrogens with two attached hydrogens (primary N) is 1. The SMILES string of the molecule is NC1(Cc2ccc(F)c(F)c2)CCOC1. The van der Waals surface area contributed by atoms with Gasteiger partial charge in [0.05, 0.1) is 6.61 Å². The van der Waals surface area contributed by atoms with Crippen LogP contribution in [-0.4, -0.2) is 18.8 Å². The molecule has 1 saturated heterocycles. The summed E-state index contributed by atoms with van der Waals surface area (Å²) in [4.78, 5) is 0. The fourth-order valence-electron chi connectivity index (χ4n) is 1.82. The summed E-state index contributed by atoms with van der Waals surface area (Å²) in [5.74, 6) is -1.65. The molecule has 1 unspecified atom stereocenters. The lowest BCUT2D eigenvalue weighted by molar-refractivity contribution is 0.178. The van der Waals surface area contributed by atoms with Gasteiger partial charge in [0.25, 0.3) is 0 Å². The smallest absolute Gasteiger partial charge is 0.159 e. The van der Waals surface area contributed by atoms with Gasteiger partial charge >= 0.3 is 0 Å². The average Bonchev–Trinajstić information content (AvgIpc) is 2.59. The Kier molecular flexibility index (Phi) is 2.71. The van der Waals surface area contributed by atoms with E-state index in [1.165, 1.54) is 6.07 Å². The third kappa shape index (κ3) is 2.33. The monoisotopic (exact) mass is 213 g/mol. The molecule has 1 aliphatic heterocycles. The molecule has 2 N–H and O–H groups in total. The predicted octanol–water partition coefficient (Wildman–Crippen LogP) is 1.63. The third-order valence-electron chi connectivity index (χ3n) is 2.67. The molecule has 0 radical (unpaired) electrons. The summed E-state index contributed by atoms with van der Waals surface area (Å²) in [7, 11) is 0. The molecule has 1 aromatic carbocycles. The molecule has 0 saturated carbocycles. The van der Waals surface area contributed by atoms with E-state index in [9.17, 15) is 8.78 Å². The summed E-state index contributed by atoms with van der Waals surface area (Å²) in [6.45, 7) is 1.12. The molecule has 2 rings (SSSR count). The van der Waals surface area contributed by atoms with Crippen LogP contribution in [0.2, 0.25) is 0 Å². The first-order chi connectivity index (χ1) is 7.09. The summed E-state index contributed by atoms with van der Waals surface area (Å²) >= 11 is 0. The van der Waals surface area contributed by atoms with Crippen LogP contribution in [-0.2, 0) is 11.2 Å². The van der Waals surface area contributed by atoms with Crippen molar-refractivity contribution >= 4 is 0 Å². The Morgan fingerprint density at radius 3 is 2.73 bits per heavy atom. The van der Waals surface area contributed by atoms with E-state index in [1.807, 2.05) is 0 Å². The number of rotatable bonds is 2. The van der Waals surface area contributed by atoms with Crippen LogP contribution in [0, 0.1) is 11.6 Å². The minimum Gasteiger partial charge on any atom is -0.379 e. The van der Waals surface area contributed by atoms with Crippen LogP contribution >= 0.6 is 0 Å². The van der Waals surface area contributed by atoms with Gasteiger partial charge in [-0.25, -0.2) is 8.78 Å². The largest absolute Gasteiger partial charge is 0.379 e. The lowest BCUT2D eigenvalue weighted by atomic mass is 9.91. The van der Waals surface area contributed by atoms with Crippen LogP contribution in [0.5, 0.6) is 0 Å². The zero-order valence-electron chi connectivity index (χ0n) is 8.30. The number of ether oxygens (including phenoxy) is 1. The van der Waals surface area contributed by atoms with E-state index in [0.717, 1.165) is 12.5 Å². The van der Waals surface area contributed by atoms with Crippen LogP contribution in [0.4, 0.5) is 8.78 Å². The second-order valence-corrected chi connectivity index (χ2v) is 4.09. The van der Waals surface area contributed by atoms with Crippen molar-refractivity contribution in [3.63, 3.8) is 0 Å². The zero-order chi connectivity index (χ0) is 10.9. The first-order valence-electron chi connectivity index (χ1n) is 4.90. The van der Waals surface area contributed by atoms with Gasteiger partial charge in [0.2, 0.25) is 0 Å². The standard InChI is InChI=1S/C11H13F2NO/c12-9-2-1-8(5-10(9)13)6-11(14)3-4-15-7-11/h1-2,5H,3-4,6-7,14H2. The first kappa shape index (κ1) is 10.5. The molecule has 15 heavy (non-hydrogen) atoms. The van der Waals surface area contributed by atoms with Crippen LogP contribution < -0.4 is 5.73 Å². The Hall–Kier alpha value is -1.00. The molecular weight excluding hydrogens is 200 g/mol. The lowest BCUT2D eigenvalue weighted by Gasteiger charge is -2.21. The predicted molar refractivity (Wildman–Crippen MR) is 52.4 cm³/mol. The summed E-state index contributed by atoms with van der Waals surface area (Å²) in [6.07, 6.45) is 1.27. The van der Waals surface area contributed by atoms with Crippen molar-refractivity contribution in [1.82, 2.24) is 0 Å². The average molecular weight is 213 g/mol. The quantitative estimate of drug-likeness (QED) is 0.810. The Bertz CT molecular complexity index is 362. The Morgan fingerprint density at radius 1 is 1.33 bits per heavy atom. The highest BCUT2D eigenvalue weighted by Crippen LogP contribution is 2.21. The maximum absolute atomic E-state index is 12.9. The van der Waals surface area contributed by atoms with Crippen LogP contribution in [0.1, 0.15) is 12.0 Å². The molecular formula is C11H13F2NO.